The lowest BCUT2D eigenvalue weighted by Gasteiger charge is -2.11. The molecule has 142 valence electrons. The summed E-state index contributed by atoms with van der Waals surface area (Å²) in [6.07, 6.45) is 0.897. The van der Waals surface area contributed by atoms with Gasteiger partial charge in [-0.25, -0.2) is 4.98 Å². The van der Waals surface area contributed by atoms with Crippen LogP contribution in [-0.4, -0.2) is 16.2 Å². The van der Waals surface area contributed by atoms with Crippen molar-refractivity contribution in [3.63, 3.8) is 0 Å². The average molecular weight is 391 g/mol. The van der Waals surface area contributed by atoms with Crippen LogP contribution in [0.4, 0.5) is 0 Å². The summed E-state index contributed by atoms with van der Waals surface area (Å²) in [7, 11) is 0. The third-order valence-electron chi connectivity index (χ3n) is 4.75. The Balaban J connectivity index is 1.54. The standard InChI is InChI=1S/C24H23ClN2O/c1-17-14-18(2)16-21(15-17)28-13-5-12-27-23-7-4-3-6-22(23)26-24(27)19-8-10-20(25)11-9-19/h3-4,6-11,14-16H,5,12-13H2,1-2H3. The van der Waals surface area contributed by atoms with E-state index in [1.165, 1.54) is 11.1 Å². The molecule has 0 aliphatic carbocycles. The molecule has 4 rings (SSSR count). The molecular weight excluding hydrogens is 368 g/mol. The molecular formula is C24H23ClN2O. The van der Waals surface area contributed by atoms with Crippen molar-refractivity contribution >= 4 is 22.6 Å². The van der Waals surface area contributed by atoms with Crippen LogP contribution in [-0.2, 0) is 6.54 Å². The average Bonchev–Trinajstić information content (AvgIpc) is 3.04. The van der Waals surface area contributed by atoms with Gasteiger partial charge in [0, 0.05) is 17.1 Å². The minimum Gasteiger partial charge on any atom is -0.494 e. The van der Waals surface area contributed by atoms with Crippen molar-refractivity contribution in [3.8, 4) is 17.1 Å². The van der Waals surface area contributed by atoms with Gasteiger partial charge >= 0.3 is 0 Å². The molecule has 1 heterocycles. The van der Waals surface area contributed by atoms with Gasteiger partial charge in [0.25, 0.3) is 0 Å². The van der Waals surface area contributed by atoms with E-state index in [4.69, 9.17) is 21.3 Å². The Kier molecular flexibility index (Phi) is 5.36. The van der Waals surface area contributed by atoms with Gasteiger partial charge in [0.2, 0.25) is 0 Å². The van der Waals surface area contributed by atoms with E-state index in [0.29, 0.717) is 6.61 Å². The molecule has 0 bridgehead atoms. The van der Waals surface area contributed by atoms with Crippen LogP contribution in [0.1, 0.15) is 17.5 Å². The molecule has 0 radical (unpaired) electrons. The number of halogens is 1. The molecule has 0 unspecified atom stereocenters. The van der Waals surface area contributed by atoms with Crippen LogP contribution in [0, 0.1) is 13.8 Å². The van der Waals surface area contributed by atoms with Gasteiger partial charge in [0.1, 0.15) is 11.6 Å². The van der Waals surface area contributed by atoms with Gasteiger partial charge in [-0.2, -0.15) is 0 Å². The summed E-state index contributed by atoms with van der Waals surface area (Å²) in [5.74, 6) is 1.90. The predicted molar refractivity (Wildman–Crippen MR) is 116 cm³/mol. The molecule has 0 aliphatic rings. The van der Waals surface area contributed by atoms with Crippen LogP contribution < -0.4 is 4.74 Å². The first kappa shape index (κ1) is 18.6. The smallest absolute Gasteiger partial charge is 0.141 e. The summed E-state index contributed by atoms with van der Waals surface area (Å²) >= 11 is 6.06. The molecule has 0 aliphatic heterocycles. The summed E-state index contributed by atoms with van der Waals surface area (Å²) in [5.41, 5.74) is 5.65. The van der Waals surface area contributed by atoms with Crippen molar-refractivity contribution in [1.82, 2.24) is 9.55 Å². The first-order valence-electron chi connectivity index (χ1n) is 9.52. The summed E-state index contributed by atoms with van der Waals surface area (Å²) in [6.45, 7) is 5.69. The van der Waals surface area contributed by atoms with Gasteiger partial charge in [-0.15, -0.1) is 0 Å². The van der Waals surface area contributed by atoms with Crippen molar-refractivity contribution in [2.24, 2.45) is 0 Å². The first-order valence-corrected chi connectivity index (χ1v) is 9.90. The highest BCUT2D eigenvalue weighted by molar-refractivity contribution is 6.30. The number of nitrogens with zero attached hydrogens (tertiary/aromatic N) is 2. The molecule has 1 aromatic heterocycles. The van der Waals surface area contributed by atoms with Crippen LogP contribution in [0.3, 0.4) is 0 Å². The van der Waals surface area contributed by atoms with Crippen LogP contribution in [0.5, 0.6) is 5.75 Å². The minimum absolute atomic E-state index is 0.662. The van der Waals surface area contributed by atoms with E-state index in [0.717, 1.165) is 46.2 Å². The van der Waals surface area contributed by atoms with Crippen molar-refractivity contribution in [3.05, 3.63) is 82.9 Å². The molecule has 3 aromatic carbocycles. The molecule has 0 atom stereocenters. The van der Waals surface area contributed by atoms with Gasteiger partial charge in [0.15, 0.2) is 0 Å². The number of aryl methyl sites for hydroxylation is 3. The highest BCUT2D eigenvalue weighted by atomic mass is 35.5. The summed E-state index contributed by atoms with van der Waals surface area (Å²) in [4.78, 5) is 4.85. The van der Waals surface area contributed by atoms with Crippen molar-refractivity contribution < 1.29 is 4.74 Å². The minimum atomic E-state index is 0.662. The van der Waals surface area contributed by atoms with E-state index in [2.05, 4.69) is 54.8 Å². The maximum absolute atomic E-state index is 6.06. The molecule has 0 spiro atoms. The number of fused-ring (bicyclic) bond motifs is 1. The first-order chi connectivity index (χ1) is 13.6. The molecule has 0 saturated heterocycles. The number of benzene rings is 3. The van der Waals surface area contributed by atoms with Gasteiger partial charge in [-0.05, 0) is 79.9 Å². The Morgan fingerprint density at radius 2 is 1.64 bits per heavy atom. The van der Waals surface area contributed by atoms with Gasteiger partial charge in [0.05, 0.1) is 17.6 Å². The van der Waals surface area contributed by atoms with Crippen molar-refractivity contribution in [2.75, 3.05) is 6.61 Å². The van der Waals surface area contributed by atoms with Crippen LogP contribution in [0.25, 0.3) is 22.4 Å². The van der Waals surface area contributed by atoms with Crippen LogP contribution >= 0.6 is 11.6 Å². The maximum Gasteiger partial charge on any atom is 0.141 e. The summed E-state index contributed by atoms with van der Waals surface area (Å²) < 4.78 is 8.26. The summed E-state index contributed by atoms with van der Waals surface area (Å²) in [5, 5.41) is 0.730. The fourth-order valence-electron chi connectivity index (χ4n) is 3.55. The molecule has 0 amide bonds. The number of ether oxygens (including phenoxy) is 1. The lowest BCUT2D eigenvalue weighted by molar-refractivity contribution is 0.302. The second kappa shape index (κ2) is 8.07. The Morgan fingerprint density at radius 3 is 2.39 bits per heavy atom. The van der Waals surface area contributed by atoms with Crippen molar-refractivity contribution in [2.45, 2.75) is 26.8 Å². The van der Waals surface area contributed by atoms with Crippen LogP contribution in [0.2, 0.25) is 5.02 Å². The number of aromatic nitrogens is 2. The number of imidazole rings is 1. The monoisotopic (exact) mass is 390 g/mol. The Labute approximate surface area is 170 Å². The number of hydrogen-bond donors (Lipinski definition) is 0. The largest absolute Gasteiger partial charge is 0.494 e. The van der Waals surface area contributed by atoms with E-state index in [-0.39, 0.29) is 0 Å². The lowest BCUT2D eigenvalue weighted by atomic mass is 10.1. The SMILES string of the molecule is Cc1cc(C)cc(OCCCn2c(-c3ccc(Cl)cc3)nc3ccccc32)c1. The van der Waals surface area contributed by atoms with E-state index >= 15 is 0 Å². The predicted octanol–water partition coefficient (Wildman–Crippen LogP) is 6.44. The number of para-hydroxylation sites is 2. The second-order valence-corrected chi connectivity index (χ2v) is 7.54. The van der Waals surface area contributed by atoms with Crippen molar-refractivity contribution in [1.29, 1.82) is 0 Å². The van der Waals surface area contributed by atoms with Gasteiger partial charge in [-0.3, -0.25) is 0 Å². The third kappa shape index (κ3) is 4.05. The Morgan fingerprint density at radius 1 is 0.929 bits per heavy atom. The zero-order valence-electron chi connectivity index (χ0n) is 16.2. The second-order valence-electron chi connectivity index (χ2n) is 7.11. The molecule has 4 aromatic rings. The zero-order valence-corrected chi connectivity index (χ0v) is 16.9. The Hall–Kier alpha value is -2.78. The lowest BCUT2D eigenvalue weighted by Crippen LogP contribution is -2.06. The molecule has 3 nitrogen and oxygen atoms in total. The topological polar surface area (TPSA) is 27.1 Å². The molecule has 0 fully saturated rings. The number of rotatable bonds is 6. The van der Waals surface area contributed by atoms with Gasteiger partial charge < -0.3 is 9.30 Å². The summed E-state index contributed by atoms with van der Waals surface area (Å²) in [6, 6.07) is 22.4. The van der Waals surface area contributed by atoms with E-state index in [1.807, 2.05) is 30.3 Å². The quantitative estimate of drug-likeness (QED) is 0.354. The molecule has 28 heavy (non-hydrogen) atoms. The molecule has 0 N–H and O–H groups in total. The fourth-order valence-corrected chi connectivity index (χ4v) is 3.68. The highest BCUT2D eigenvalue weighted by Gasteiger charge is 2.12. The number of hydrogen-bond acceptors (Lipinski definition) is 2. The maximum atomic E-state index is 6.06. The van der Waals surface area contributed by atoms with E-state index in [9.17, 15) is 0 Å². The van der Waals surface area contributed by atoms with E-state index in [1.54, 1.807) is 0 Å². The highest BCUT2D eigenvalue weighted by Crippen LogP contribution is 2.26. The van der Waals surface area contributed by atoms with Gasteiger partial charge in [-0.1, -0.05) is 29.8 Å². The Bertz CT molecular complexity index is 1080. The normalized spacial score (nSPS) is 11.1. The fraction of sp³-hybridized carbons (Fsp3) is 0.208. The molecule has 0 saturated carbocycles. The van der Waals surface area contributed by atoms with E-state index < -0.39 is 0 Å². The molecule has 4 heteroatoms. The van der Waals surface area contributed by atoms with Crippen LogP contribution in [0.15, 0.2) is 66.7 Å². The zero-order chi connectivity index (χ0) is 19.5. The third-order valence-corrected chi connectivity index (χ3v) is 5.00.